The highest BCUT2D eigenvalue weighted by Gasteiger charge is 2.16. The van der Waals surface area contributed by atoms with Gasteiger partial charge in [0, 0.05) is 27.4 Å². The lowest BCUT2D eigenvalue weighted by Crippen LogP contribution is -2.22. The van der Waals surface area contributed by atoms with Gasteiger partial charge in [0.1, 0.15) is 5.52 Å². The molecule has 1 atom stereocenters. The maximum Gasteiger partial charge on any atom is 0.255 e. The minimum atomic E-state index is -0.381. The molecule has 9 heteroatoms. The zero-order valence-corrected chi connectivity index (χ0v) is 23.0. The molecule has 1 aromatic heterocycles. The van der Waals surface area contributed by atoms with Crippen LogP contribution in [0.5, 0.6) is 11.5 Å². The Hall–Kier alpha value is -4.76. The van der Waals surface area contributed by atoms with Crippen LogP contribution in [0.25, 0.3) is 22.6 Å². The van der Waals surface area contributed by atoms with Crippen LogP contribution in [0.2, 0.25) is 0 Å². The molecule has 0 saturated carbocycles. The molecule has 8 nitrogen and oxygen atoms in total. The second-order valence-corrected chi connectivity index (χ2v) is 10.3. The fourth-order valence-corrected chi connectivity index (χ4v) is 4.95. The summed E-state index contributed by atoms with van der Waals surface area (Å²) in [6.07, 6.45) is 0. The number of oxazole rings is 1. The first-order valence-electron chi connectivity index (χ1n) is 12.5. The highest BCUT2D eigenvalue weighted by atomic mass is 32.2. The Morgan fingerprint density at radius 3 is 2.35 bits per heavy atom. The van der Waals surface area contributed by atoms with E-state index in [0.29, 0.717) is 34.3 Å². The van der Waals surface area contributed by atoms with Gasteiger partial charge in [-0.1, -0.05) is 18.2 Å². The first-order valence-corrected chi connectivity index (χ1v) is 13.4. The number of aromatic nitrogens is 1. The first-order chi connectivity index (χ1) is 19.4. The number of nitrogens with one attached hydrogen (secondary N) is 2. The number of carbonyl (C=O) groups is 2. The van der Waals surface area contributed by atoms with Gasteiger partial charge >= 0.3 is 0 Å². The summed E-state index contributed by atoms with van der Waals surface area (Å²) in [4.78, 5) is 31.1. The number of rotatable bonds is 9. The molecule has 4 aromatic carbocycles. The van der Waals surface area contributed by atoms with Gasteiger partial charge in [-0.2, -0.15) is 0 Å². The van der Waals surface area contributed by atoms with E-state index in [4.69, 9.17) is 13.9 Å². The van der Waals surface area contributed by atoms with E-state index < -0.39 is 0 Å². The van der Waals surface area contributed by atoms with E-state index in [9.17, 15) is 9.59 Å². The third-order valence-corrected chi connectivity index (χ3v) is 7.21. The van der Waals surface area contributed by atoms with Gasteiger partial charge in [0.15, 0.2) is 17.1 Å². The number of methoxy groups -OCH3 is 2. The van der Waals surface area contributed by atoms with Gasteiger partial charge in [-0.05, 0) is 79.7 Å². The molecule has 0 bridgehead atoms. The van der Waals surface area contributed by atoms with Crippen LogP contribution in [-0.4, -0.2) is 36.3 Å². The third-order valence-electron chi connectivity index (χ3n) is 6.11. The molecule has 5 aromatic rings. The van der Waals surface area contributed by atoms with Gasteiger partial charge in [0.05, 0.1) is 19.5 Å². The van der Waals surface area contributed by atoms with Crippen LogP contribution in [0.15, 0.2) is 100 Å². The summed E-state index contributed by atoms with van der Waals surface area (Å²) in [6, 6.07) is 27.3. The van der Waals surface area contributed by atoms with Crippen LogP contribution in [0, 0.1) is 0 Å². The summed E-state index contributed by atoms with van der Waals surface area (Å²) in [5, 5.41) is 5.47. The molecule has 0 saturated heterocycles. The van der Waals surface area contributed by atoms with Crippen molar-refractivity contribution in [3.05, 3.63) is 96.6 Å². The Morgan fingerprint density at radius 2 is 1.60 bits per heavy atom. The Balaban J connectivity index is 1.19. The van der Waals surface area contributed by atoms with Gasteiger partial charge in [0.2, 0.25) is 11.8 Å². The van der Waals surface area contributed by atoms with E-state index in [-0.39, 0.29) is 17.1 Å². The van der Waals surface area contributed by atoms with Crippen molar-refractivity contribution in [2.75, 3.05) is 24.9 Å². The van der Waals surface area contributed by atoms with Crippen LogP contribution in [0.1, 0.15) is 17.3 Å². The van der Waals surface area contributed by atoms with Crippen molar-refractivity contribution < 1.29 is 23.5 Å². The Bertz CT molecular complexity index is 1630. The van der Waals surface area contributed by atoms with Crippen LogP contribution in [0.3, 0.4) is 0 Å². The van der Waals surface area contributed by atoms with Crippen LogP contribution in [0.4, 0.5) is 11.4 Å². The number of amides is 2. The van der Waals surface area contributed by atoms with Crippen molar-refractivity contribution >= 4 is 46.1 Å². The predicted octanol–water partition coefficient (Wildman–Crippen LogP) is 6.88. The predicted molar refractivity (Wildman–Crippen MR) is 157 cm³/mol. The molecule has 2 N–H and O–H groups in total. The van der Waals surface area contributed by atoms with E-state index in [0.717, 1.165) is 21.6 Å². The number of ether oxygens (including phenoxy) is 2. The fraction of sp³-hybridized carbons (Fsp3) is 0.129. The maximum absolute atomic E-state index is 12.9. The second-order valence-electron chi connectivity index (χ2n) is 8.87. The van der Waals surface area contributed by atoms with Gasteiger partial charge in [-0.3, -0.25) is 9.59 Å². The molecule has 1 unspecified atom stereocenters. The molecular formula is C31H27N3O5S. The maximum atomic E-state index is 12.9. The van der Waals surface area contributed by atoms with Crippen LogP contribution >= 0.6 is 11.8 Å². The number of fused-ring (bicyclic) bond motifs is 1. The molecule has 202 valence electrons. The lowest BCUT2D eigenvalue weighted by molar-refractivity contribution is -0.115. The number of carbonyl (C=O) groups excluding carboxylic acids is 2. The average Bonchev–Trinajstić information content (AvgIpc) is 3.41. The van der Waals surface area contributed by atoms with Gasteiger partial charge in [-0.15, -0.1) is 11.8 Å². The summed E-state index contributed by atoms with van der Waals surface area (Å²) in [5.41, 5.74) is 4.07. The summed E-state index contributed by atoms with van der Waals surface area (Å²) in [6.45, 7) is 1.83. The van der Waals surface area contributed by atoms with E-state index >= 15 is 0 Å². The molecule has 1 heterocycles. The van der Waals surface area contributed by atoms with E-state index in [1.165, 1.54) is 18.9 Å². The quantitative estimate of drug-likeness (QED) is 0.192. The Kier molecular flexibility index (Phi) is 8.02. The van der Waals surface area contributed by atoms with Gasteiger partial charge in [0.25, 0.3) is 5.91 Å². The second kappa shape index (κ2) is 12.0. The number of anilines is 2. The van der Waals surface area contributed by atoms with Crippen molar-refractivity contribution in [3.63, 3.8) is 0 Å². The number of benzene rings is 4. The molecule has 5 rings (SSSR count). The van der Waals surface area contributed by atoms with E-state index in [1.807, 2.05) is 73.7 Å². The number of hydrogen-bond donors (Lipinski definition) is 2. The monoisotopic (exact) mass is 553 g/mol. The highest BCUT2D eigenvalue weighted by molar-refractivity contribution is 8.00. The molecule has 0 radical (unpaired) electrons. The molecule has 2 amide bonds. The molecule has 0 aliphatic carbocycles. The molecule has 40 heavy (non-hydrogen) atoms. The molecule has 0 aliphatic heterocycles. The average molecular weight is 554 g/mol. The minimum absolute atomic E-state index is 0.139. The number of nitrogens with zero attached hydrogens (tertiary/aromatic N) is 1. The lowest BCUT2D eigenvalue weighted by atomic mass is 10.2. The van der Waals surface area contributed by atoms with Crippen molar-refractivity contribution in [1.29, 1.82) is 0 Å². The zero-order chi connectivity index (χ0) is 28.1. The van der Waals surface area contributed by atoms with Crippen LogP contribution < -0.4 is 20.1 Å². The normalized spacial score (nSPS) is 11.6. The van der Waals surface area contributed by atoms with Gasteiger partial charge in [-0.25, -0.2) is 4.98 Å². The zero-order valence-electron chi connectivity index (χ0n) is 22.1. The van der Waals surface area contributed by atoms with Crippen molar-refractivity contribution in [1.82, 2.24) is 4.98 Å². The summed E-state index contributed by atoms with van der Waals surface area (Å²) in [7, 11) is 3.06. The topological polar surface area (TPSA) is 103 Å². The molecule has 0 aliphatic rings. The van der Waals surface area contributed by atoms with E-state index in [1.54, 1.807) is 31.4 Å². The summed E-state index contributed by atoms with van der Waals surface area (Å²) in [5.74, 6) is 1.12. The van der Waals surface area contributed by atoms with E-state index in [2.05, 4.69) is 15.6 Å². The fourth-order valence-electron chi connectivity index (χ4n) is 4.02. The Labute approximate surface area is 235 Å². The smallest absolute Gasteiger partial charge is 0.255 e. The largest absolute Gasteiger partial charge is 0.493 e. The SMILES string of the molecule is COc1ccc(C(=O)Nc2cccc(SC(C)C(=O)Nc3ccc(-c4nc5ccccc5o4)cc3)c2)cc1OC. The van der Waals surface area contributed by atoms with Gasteiger partial charge < -0.3 is 24.5 Å². The standard InChI is InChI=1S/C31H27N3O5S/c1-19(29(35)32-22-14-11-20(12-15-22)31-34-25-9-4-5-10-26(25)39-31)40-24-8-6-7-23(18-24)33-30(36)21-13-16-27(37-2)28(17-21)38-3/h4-19H,1-3H3,(H,32,35)(H,33,36). The van der Waals surface area contributed by atoms with Crippen LogP contribution in [-0.2, 0) is 4.79 Å². The first kappa shape index (κ1) is 26.8. The molecule has 0 fully saturated rings. The lowest BCUT2D eigenvalue weighted by Gasteiger charge is -2.13. The molecule has 0 spiro atoms. The van der Waals surface area contributed by atoms with Crippen molar-refractivity contribution in [2.45, 2.75) is 17.1 Å². The highest BCUT2D eigenvalue weighted by Crippen LogP contribution is 2.30. The van der Waals surface area contributed by atoms with Crippen molar-refractivity contribution in [2.24, 2.45) is 0 Å². The summed E-state index contributed by atoms with van der Waals surface area (Å²) >= 11 is 1.40. The minimum Gasteiger partial charge on any atom is -0.493 e. The third kappa shape index (κ3) is 6.10. The van der Waals surface area contributed by atoms with Crippen molar-refractivity contribution in [3.8, 4) is 23.0 Å². The number of hydrogen-bond acceptors (Lipinski definition) is 7. The number of para-hydroxylation sites is 2. The molecular weight excluding hydrogens is 526 g/mol. The number of thioether (sulfide) groups is 1. The Morgan fingerprint density at radius 1 is 0.825 bits per heavy atom. The summed E-state index contributed by atoms with van der Waals surface area (Å²) < 4.78 is 16.3.